The van der Waals surface area contributed by atoms with Crippen LogP contribution in [0.2, 0.25) is 0 Å². The first kappa shape index (κ1) is 16.7. The van der Waals surface area contributed by atoms with Gasteiger partial charge in [0.25, 0.3) is 0 Å². The Balaban J connectivity index is 1.43. The molecule has 1 heterocycles. The van der Waals surface area contributed by atoms with Gasteiger partial charge < -0.3 is 20.1 Å². The van der Waals surface area contributed by atoms with Crippen LogP contribution in [0, 0.1) is 11.3 Å². The van der Waals surface area contributed by atoms with E-state index in [2.05, 4.69) is 29.7 Å². The molecule has 0 aromatic heterocycles. The number of benzene rings is 1. The van der Waals surface area contributed by atoms with Crippen LogP contribution in [-0.4, -0.2) is 38.4 Å². The number of rotatable bonds is 5. The number of nitrogens with one attached hydrogen (secondary N) is 2. The summed E-state index contributed by atoms with van der Waals surface area (Å²) in [5, 5.41) is 7.16. The van der Waals surface area contributed by atoms with Crippen molar-refractivity contribution < 1.29 is 9.47 Å². The molecule has 1 aliphatic heterocycles. The first-order valence-corrected chi connectivity index (χ1v) is 9.56. The molecule has 5 nitrogen and oxygen atoms in total. The van der Waals surface area contributed by atoms with E-state index in [0.29, 0.717) is 30.0 Å². The lowest BCUT2D eigenvalue weighted by molar-refractivity contribution is -0.171. The summed E-state index contributed by atoms with van der Waals surface area (Å²) in [6.45, 7) is 4.59. The number of guanidine groups is 1. The minimum absolute atomic E-state index is 0.372. The van der Waals surface area contributed by atoms with Gasteiger partial charge in [-0.1, -0.05) is 18.6 Å². The minimum Gasteiger partial charge on any atom is -0.497 e. The third-order valence-electron chi connectivity index (χ3n) is 6.25. The maximum atomic E-state index is 6.02. The molecule has 3 atom stereocenters. The maximum Gasteiger partial charge on any atom is 0.191 e. The second kappa shape index (κ2) is 6.87. The quantitative estimate of drug-likeness (QED) is 0.638. The van der Waals surface area contributed by atoms with Crippen LogP contribution in [0.25, 0.3) is 0 Å². The Hall–Kier alpha value is -1.75. The molecule has 4 rings (SSSR count). The molecule has 25 heavy (non-hydrogen) atoms. The van der Waals surface area contributed by atoms with E-state index in [0.717, 1.165) is 24.9 Å². The van der Waals surface area contributed by atoms with Crippen molar-refractivity contribution >= 4 is 5.96 Å². The molecule has 1 spiro atoms. The molecule has 3 aliphatic rings. The van der Waals surface area contributed by atoms with Crippen molar-refractivity contribution in [3.8, 4) is 5.75 Å². The summed E-state index contributed by atoms with van der Waals surface area (Å²) in [6, 6.07) is 8.64. The smallest absolute Gasteiger partial charge is 0.191 e. The van der Waals surface area contributed by atoms with E-state index in [4.69, 9.17) is 14.5 Å². The third-order valence-corrected chi connectivity index (χ3v) is 6.25. The van der Waals surface area contributed by atoms with E-state index < -0.39 is 0 Å². The Morgan fingerprint density at radius 3 is 2.76 bits per heavy atom. The highest BCUT2D eigenvalue weighted by atomic mass is 16.5. The van der Waals surface area contributed by atoms with Gasteiger partial charge in [0.2, 0.25) is 0 Å². The Morgan fingerprint density at radius 2 is 2.12 bits per heavy atom. The van der Waals surface area contributed by atoms with Gasteiger partial charge in [-0.15, -0.1) is 0 Å². The van der Waals surface area contributed by atoms with Crippen LogP contribution in [0.15, 0.2) is 29.3 Å². The van der Waals surface area contributed by atoms with Gasteiger partial charge in [0, 0.05) is 30.5 Å². The molecule has 0 radical (unpaired) electrons. The molecule has 2 saturated carbocycles. The normalized spacial score (nSPS) is 29.5. The van der Waals surface area contributed by atoms with Gasteiger partial charge in [-0.2, -0.15) is 0 Å². The summed E-state index contributed by atoms with van der Waals surface area (Å²) in [7, 11) is 1.69. The molecule has 3 fully saturated rings. The summed E-state index contributed by atoms with van der Waals surface area (Å²) in [5.41, 5.74) is 1.56. The Labute approximate surface area is 150 Å². The largest absolute Gasteiger partial charge is 0.497 e. The number of hydrogen-bond acceptors (Lipinski definition) is 3. The molecule has 0 bridgehead atoms. The molecule has 2 aliphatic carbocycles. The van der Waals surface area contributed by atoms with E-state index in [1.165, 1.54) is 31.2 Å². The van der Waals surface area contributed by atoms with Crippen molar-refractivity contribution in [3.63, 3.8) is 0 Å². The number of nitrogens with zero attached hydrogens (tertiary/aromatic N) is 1. The number of fused-ring (bicyclic) bond motifs is 2. The summed E-state index contributed by atoms with van der Waals surface area (Å²) in [4.78, 5) is 4.81. The van der Waals surface area contributed by atoms with Gasteiger partial charge in [-0.3, -0.25) is 0 Å². The van der Waals surface area contributed by atoms with Crippen molar-refractivity contribution in [2.45, 2.75) is 51.3 Å². The van der Waals surface area contributed by atoms with E-state index in [1.807, 2.05) is 12.1 Å². The highest BCUT2D eigenvalue weighted by molar-refractivity contribution is 5.80. The number of ether oxygens (including phenoxy) is 2. The van der Waals surface area contributed by atoms with Gasteiger partial charge in [0.15, 0.2) is 5.96 Å². The summed E-state index contributed by atoms with van der Waals surface area (Å²) in [6.07, 6.45) is 5.60. The van der Waals surface area contributed by atoms with Gasteiger partial charge in [-0.25, -0.2) is 4.99 Å². The van der Waals surface area contributed by atoms with Crippen LogP contribution < -0.4 is 15.4 Å². The monoisotopic (exact) mass is 343 g/mol. The van der Waals surface area contributed by atoms with Crippen molar-refractivity contribution in [1.29, 1.82) is 0 Å². The number of aliphatic imine (C=N–C) groups is 1. The molecule has 1 saturated heterocycles. The first-order valence-electron chi connectivity index (χ1n) is 9.56. The van der Waals surface area contributed by atoms with E-state index >= 15 is 0 Å². The van der Waals surface area contributed by atoms with E-state index in [1.54, 1.807) is 7.11 Å². The van der Waals surface area contributed by atoms with Crippen LogP contribution in [0.1, 0.15) is 38.2 Å². The lowest BCUT2D eigenvalue weighted by Crippen LogP contribution is -2.72. The van der Waals surface area contributed by atoms with Crippen LogP contribution in [-0.2, 0) is 11.3 Å². The highest BCUT2D eigenvalue weighted by Crippen LogP contribution is 2.62. The summed E-state index contributed by atoms with van der Waals surface area (Å²) < 4.78 is 11.2. The predicted molar refractivity (Wildman–Crippen MR) is 98.9 cm³/mol. The molecular weight excluding hydrogens is 314 g/mol. The second-order valence-electron chi connectivity index (χ2n) is 7.50. The lowest BCUT2D eigenvalue weighted by atomic mass is 9.46. The zero-order chi connectivity index (χ0) is 17.3. The average Bonchev–Trinajstić information content (AvgIpc) is 3.01. The SMILES string of the molecule is CCNC(=NCc1ccc(OC)cc1)NC1C2CCOC2C12CCC2. The van der Waals surface area contributed by atoms with Crippen molar-refractivity contribution in [1.82, 2.24) is 10.6 Å². The fraction of sp³-hybridized carbons (Fsp3) is 0.650. The van der Waals surface area contributed by atoms with Crippen LogP contribution in [0.5, 0.6) is 5.75 Å². The fourth-order valence-electron chi connectivity index (χ4n) is 4.82. The maximum absolute atomic E-state index is 6.02. The molecule has 5 heteroatoms. The van der Waals surface area contributed by atoms with E-state index in [-0.39, 0.29) is 0 Å². The summed E-state index contributed by atoms with van der Waals surface area (Å²) >= 11 is 0. The van der Waals surface area contributed by atoms with Gasteiger partial charge in [0.05, 0.1) is 19.8 Å². The molecule has 1 aromatic carbocycles. The predicted octanol–water partition coefficient (Wildman–Crippen LogP) is 2.71. The highest BCUT2D eigenvalue weighted by Gasteiger charge is 2.66. The second-order valence-corrected chi connectivity index (χ2v) is 7.50. The molecule has 1 aromatic rings. The molecule has 3 unspecified atom stereocenters. The average molecular weight is 343 g/mol. The zero-order valence-electron chi connectivity index (χ0n) is 15.3. The van der Waals surface area contributed by atoms with Crippen LogP contribution >= 0.6 is 0 Å². The topological polar surface area (TPSA) is 54.9 Å². The van der Waals surface area contributed by atoms with Crippen molar-refractivity contribution in [2.75, 3.05) is 20.3 Å². The Kier molecular flexibility index (Phi) is 4.59. The summed E-state index contributed by atoms with van der Waals surface area (Å²) in [5.74, 6) is 2.47. The number of hydrogen-bond donors (Lipinski definition) is 2. The van der Waals surface area contributed by atoms with Gasteiger partial charge in [0.1, 0.15) is 5.75 Å². The fourth-order valence-corrected chi connectivity index (χ4v) is 4.82. The van der Waals surface area contributed by atoms with Crippen molar-refractivity contribution in [3.05, 3.63) is 29.8 Å². The first-order chi connectivity index (χ1) is 12.3. The third kappa shape index (κ3) is 2.88. The van der Waals surface area contributed by atoms with Crippen LogP contribution in [0.3, 0.4) is 0 Å². The number of methoxy groups -OCH3 is 1. The Bertz CT molecular complexity index is 624. The van der Waals surface area contributed by atoms with E-state index in [9.17, 15) is 0 Å². The van der Waals surface area contributed by atoms with Crippen molar-refractivity contribution in [2.24, 2.45) is 16.3 Å². The molecule has 136 valence electrons. The zero-order valence-corrected chi connectivity index (χ0v) is 15.3. The molecule has 0 amide bonds. The molecular formula is C20H29N3O2. The minimum atomic E-state index is 0.372. The molecule has 2 N–H and O–H groups in total. The van der Waals surface area contributed by atoms with Gasteiger partial charge in [-0.05, 0) is 43.9 Å². The van der Waals surface area contributed by atoms with Gasteiger partial charge >= 0.3 is 0 Å². The van der Waals surface area contributed by atoms with Crippen LogP contribution in [0.4, 0.5) is 0 Å². The lowest BCUT2D eigenvalue weighted by Gasteiger charge is -2.63. The Morgan fingerprint density at radius 1 is 1.32 bits per heavy atom. The standard InChI is InChI=1S/C20H29N3O2/c1-3-21-19(22-13-14-5-7-15(24-2)8-6-14)23-17-16-9-12-25-18(16)20(17)10-4-11-20/h5-8,16-18H,3-4,9-13H2,1-2H3,(H2,21,22,23).